The van der Waals surface area contributed by atoms with E-state index in [-0.39, 0.29) is 18.3 Å². The zero-order valence-corrected chi connectivity index (χ0v) is 12.8. The van der Waals surface area contributed by atoms with Gasteiger partial charge in [0.15, 0.2) is 0 Å². The summed E-state index contributed by atoms with van der Waals surface area (Å²) in [5, 5.41) is 4.93. The van der Waals surface area contributed by atoms with E-state index in [0.29, 0.717) is 25.5 Å². The highest BCUT2D eigenvalue weighted by Crippen LogP contribution is 2.15. The van der Waals surface area contributed by atoms with Crippen LogP contribution in [0.25, 0.3) is 0 Å². The van der Waals surface area contributed by atoms with Crippen LogP contribution in [-0.4, -0.2) is 44.1 Å². The molecule has 1 aliphatic heterocycles. The molecule has 122 valence electrons. The standard InChI is InChI=1S/C13H17F2N3O3S/c1-22(20,21)18-4-2-3-11(8-18)16-13(19)17-12-6-9(14)5-10(15)7-12/h5-7,11H,2-4,8H2,1H3,(H2,16,17,19)/t11-/m0/s1. The summed E-state index contributed by atoms with van der Waals surface area (Å²) >= 11 is 0. The molecule has 2 rings (SSSR count). The van der Waals surface area contributed by atoms with E-state index in [2.05, 4.69) is 10.6 Å². The molecule has 1 aliphatic rings. The van der Waals surface area contributed by atoms with Crippen molar-refractivity contribution in [2.45, 2.75) is 18.9 Å². The van der Waals surface area contributed by atoms with Gasteiger partial charge in [-0.15, -0.1) is 0 Å². The fourth-order valence-corrected chi connectivity index (χ4v) is 3.25. The smallest absolute Gasteiger partial charge is 0.319 e. The van der Waals surface area contributed by atoms with Gasteiger partial charge in [-0.1, -0.05) is 0 Å². The maximum absolute atomic E-state index is 13.0. The summed E-state index contributed by atoms with van der Waals surface area (Å²) in [5.41, 5.74) is -0.00854. The number of carbonyl (C=O) groups excluding carboxylic acids is 1. The SMILES string of the molecule is CS(=O)(=O)N1CCC[C@H](NC(=O)Nc2cc(F)cc(F)c2)C1. The van der Waals surface area contributed by atoms with Crippen molar-refractivity contribution in [1.29, 1.82) is 0 Å². The second-order valence-electron chi connectivity index (χ2n) is 5.22. The number of hydrogen-bond donors (Lipinski definition) is 2. The molecule has 0 aromatic heterocycles. The lowest BCUT2D eigenvalue weighted by Gasteiger charge is -2.31. The summed E-state index contributed by atoms with van der Waals surface area (Å²) in [6.07, 6.45) is 2.38. The van der Waals surface area contributed by atoms with E-state index in [9.17, 15) is 22.0 Å². The van der Waals surface area contributed by atoms with Crippen molar-refractivity contribution < 1.29 is 22.0 Å². The fourth-order valence-electron chi connectivity index (χ4n) is 2.34. The molecular weight excluding hydrogens is 316 g/mol. The Morgan fingerprint density at radius 1 is 1.27 bits per heavy atom. The van der Waals surface area contributed by atoms with Gasteiger partial charge in [0.1, 0.15) is 11.6 Å². The number of hydrogen-bond acceptors (Lipinski definition) is 3. The number of urea groups is 1. The molecule has 1 fully saturated rings. The van der Waals surface area contributed by atoms with E-state index in [1.165, 1.54) is 4.31 Å². The topological polar surface area (TPSA) is 78.5 Å². The predicted octanol–water partition coefficient (Wildman–Crippen LogP) is 1.51. The lowest BCUT2D eigenvalue weighted by molar-refractivity contribution is 0.236. The molecule has 9 heteroatoms. The Balaban J connectivity index is 1.94. The second-order valence-corrected chi connectivity index (χ2v) is 7.20. The Bertz CT molecular complexity index is 646. The van der Waals surface area contributed by atoms with Crippen molar-refractivity contribution in [1.82, 2.24) is 9.62 Å². The number of amides is 2. The van der Waals surface area contributed by atoms with Gasteiger partial charge in [-0.2, -0.15) is 0 Å². The van der Waals surface area contributed by atoms with Crippen LogP contribution in [-0.2, 0) is 10.0 Å². The summed E-state index contributed by atoms with van der Waals surface area (Å²) in [6, 6.07) is 1.71. The third-order valence-electron chi connectivity index (χ3n) is 3.31. The summed E-state index contributed by atoms with van der Waals surface area (Å²) in [4.78, 5) is 11.8. The molecule has 22 heavy (non-hydrogen) atoms. The third kappa shape index (κ3) is 4.63. The summed E-state index contributed by atoms with van der Waals surface area (Å²) < 4.78 is 50.4. The van der Waals surface area contributed by atoms with Crippen molar-refractivity contribution in [3.05, 3.63) is 29.8 Å². The van der Waals surface area contributed by atoms with Gasteiger partial charge < -0.3 is 10.6 Å². The van der Waals surface area contributed by atoms with E-state index in [4.69, 9.17) is 0 Å². The molecule has 0 radical (unpaired) electrons. The monoisotopic (exact) mass is 333 g/mol. The number of rotatable bonds is 3. The first-order chi connectivity index (χ1) is 10.2. The summed E-state index contributed by atoms with van der Waals surface area (Å²) in [7, 11) is -3.30. The molecule has 1 saturated heterocycles. The van der Waals surface area contributed by atoms with Crippen LogP contribution < -0.4 is 10.6 Å². The summed E-state index contributed by atoms with van der Waals surface area (Å²) in [5.74, 6) is -1.59. The van der Waals surface area contributed by atoms with Crippen molar-refractivity contribution in [3.63, 3.8) is 0 Å². The number of anilines is 1. The normalized spacial score (nSPS) is 19.7. The van der Waals surface area contributed by atoms with Gasteiger partial charge >= 0.3 is 6.03 Å². The van der Waals surface area contributed by atoms with Crippen LogP contribution in [0.5, 0.6) is 0 Å². The van der Waals surface area contributed by atoms with Crippen LogP contribution in [0, 0.1) is 11.6 Å². The quantitative estimate of drug-likeness (QED) is 0.880. The molecule has 1 atom stereocenters. The Hall–Kier alpha value is -1.74. The Kier molecular flexibility index (Phi) is 4.97. The maximum Gasteiger partial charge on any atom is 0.319 e. The fraction of sp³-hybridized carbons (Fsp3) is 0.462. The first kappa shape index (κ1) is 16.6. The minimum atomic E-state index is -3.30. The Morgan fingerprint density at radius 3 is 2.50 bits per heavy atom. The molecule has 1 heterocycles. The molecule has 6 nitrogen and oxygen atoms in total. The number of carbonyl (C=O) groups is 1. The number of halogens is 2. The number of sulfonamides is 1. The van der Waals surface area contributed by atoms with Crippen molar-refractivity contribution >= 4 is 21.7 Å². The molecule has 0 spiro atoms. The lowest BCUT2D eigenvalue weighted by Crippen LogP contribution is -2.50. The molecule has 0 aliphatic carbocycles. The molecule has 2 amide bonds. The molecular formula is C13H17F2N3O3S. The highest BCUT2D eigenvalue weighted by Gasteiger charge is 2.26. The number of nitrogens with one attached hydrogen (secondary N) is 2. The number of benzene rings is 1. The molecule has 1 aromatic rings. The van der Waals surface area contributed by atoms with Gasteiger partial charge in [-0.25, -0.2) is 26.3 Å². The van der Waals surface area contributed by atoms with Crippen LogP contribution in [0.15, 0.2) is 18.2 Å². The maximum atomic E-state index is 13.0. The van der Waals surface area contributed by atoms with Crippen LogP contribution in [0.1, 0.15) is 12.8 Å². The largest absolute Gasteiger partial charge is 0.334 e. The summed E-state index contributed by atoms with van der Waals surface area (Å²) in [6.45, 7) is 0.609. The Labute approximate surface area is 127 Å². The third-order valence-corrected chi connectivity index (χ3v) is 4.58. The van der Waals surface area contributed by atoms with Gasteiger partial charge in [0, 0.05) is 30.9 Å². The van der Waals surface area contributed by atoms with E-state index in [1.807, 2.05) is 0 Å². The van der Waals surface area contributed by atoms with Gasteiger partial charge in [-0.05, 0) is 25.0 Å². The number of piperidine rings is 1. The van der Waals surface area contributed by atoms with E-state index in [1.54, 1.807) is 0 Å². The molecule has 0 bridgehead atoms. The van der Waals surface area contributed by atoms with Gasteiger partial charge in [-0.3, -0.25) is 0 Å². The first-order valence-corrected chi connectivity index (χ1v) is 8.57. The minimum absolute atomic E-state index is 0.00854. The highest BCUT2D eigenvalue weighted by atomic mass is 32.2. The van der Waals surface area contributed by atoms with E-state index >= 15 is 0 Å². The average Bonchev–Trinajstić information content (AvgIpc) is 2.36. The first-order valence-electron chi connectivity index (χ1n) is 6.73. The van der Waals surface area contributed by atoms with Crippen LogP contribution in [0.2, 0.25) is 0 Å². The molecule has 2 N–H and O–H groups in total. The molecule has 0 saturated carbocycles. The second kappa shape index (κ2) is 6.57. The average molecular weight is 333 g/mol. The van der Waals surface area contributed by atoms with Gasteiger partial charge in [0.2, 0.25) is 10.0 Å². The van der Waals surface area contributed by atoms with Crippen LogP contribution in [0.3, 0.4) is 0 Å². The van der Waals surface area contributed by atoms with Crippen LogP contribution >= 0.6 is 0 Å². The van der Waals surface area contributed by atoms with Gasteiger partial charge in [0.05, 0.1) is 6.26 Å². The zero-order chi connectivity index (χ0) is 16.3. The zero-order valence-electron chi connectivity index (χ0n) is 12.0. The van der Waals surface area contributed by atoms with Crippen molar-refractivity contribution in [2.24, 2.45) is 0 Å². The van der Waals surface area contributed by atoms with Crippen molar-refractivity contribution in [2.75, 3.05) is 24.7 Å². The lowest BCUT2D eigenvalue weighted by atomic mass is 10.1. The molecule has 1 aromatic carbocycles. The van der Waals surface area contributed by atoms with E-state index in [0.717, 1.165) is 18.4 Å². The van der Waals surface area contributed by atoms with Crippen LogP contribution in [0.4, 0.5) is 19.3 Å². The van der Waals surface area contributed by atoms with Crippen molar-refractivity contribution in [3.8, 4) is 0 Å². The van der Waals surface area contributed by atoms with E-state index < -0.39 is 27.7 Å². The predicted molar refractivity (Wildman–Crippen MR) is 78.0 cm³/mol. The molecule has 0 unspecified atom stereocenters. The minimum Gasteiger partial charge on any atom is -0.334 e. The Morgan fingerprint density at radius 2 is 1.91 bits per heavy atom. The highest BCUT2D eigenvalue weighted by molar-refractivity contribution is 7.88. The van der Waals surface area contributed by atoms with Gasteiger partial charge in [0.25, 0.3) is 0 Å². The number of nitrogens with zero attached hydrogens (tertiary/aromatic N) is 1.